The summed E-state index contributed by atoms with van der Waals surface area (Å²) in [4.78, 5) is 28.6. The van der Waals surface area contributed by atoms with E-state index in [9.17, 15) is 22.8 Å². The van der Waals surface area contributed by atoms with Crippen LogP contribution in [0.4, 0.5) is 13.2 Å². The monoisotopic (exact) mass is 335 g/mol. The van der Waals surface area contributed by atoms with Gasteiger partial charge in [-0.2, -0.15) is 13.2 Å². The molecule has 1 N–H and O–H groups in total. The van der Waals surface area contributed by atoms with Gasteiger partial charge in [0.1, 0.15) is 0 Å². The van der Waals surface area contributed by atoms with Crippen LogP contribution >= 0.6 is 23.1 Å². The predicted molar refractivity (Wildman–Crippen MR) is 72.2 cm³/mol. The Hall–Kier alpha value is -1.55. The molecule has 0 spiro atoms. The van der Waals surface area contributed by atoms with E-state index < -0.39 is 23.7 Å². The Kier molecular flexibility index (Phi) is 3.24. The van der Waals surface area contributed by atoms with Gasteiger partial charge in [-0.1, -0.05) is 17.8 Å². The summed E-state index contributed by atoms with van der Waals surface area (Å²) in [6, 6.07) is 2.92. The van der Waals surface area contributed by atoms with Gasteiger partial charge in [-0.25, -0.2) is 4.99 Å². The Bertz CT molecular complexity index is 629. The van der Waals surface area contributed by atoms with Gasteiger partial charge in [0.2, 0.25) is 0 Å². The second-order valence-corrected chi connectivity index (χ2v) is 6.35. The van der Waals surface area contributed by atoms with Crippen molar-refractivity contribution in [1.82, 2.24) is 10.2 Å². The molecule has 5 nitrogen and oxygen atoms in total. The SMILES string of the molecule is O=C(N[C@]1(C(F)(F)F)N=C2SCCN2C1=O)c1cccs1. The highest BCUT2D eigenvalue weighted by Crippen LogP contribution is 2.41. The second-order valence-electron chi connectivity index (χ2n) is 4.34. The zero-order chi connectivity index (χ0) is 15.3. The maximum Gasteiger partial charge on any atom is 0.442 e. The molecule has 1 saturated heterocycles. The Morgan fingerprint density at radius 1 is 1.48 bits per heavy atom. The molecule has 2 aliphatic rings. The summed E-state index contributed by atoms with van der Waals surface area (Å²) in [5, 5.41) is 3.33. The molecular weight excluding hydrogens is 327 g/mol. The number of carbonyl (C=O) groups is 2. The van der Waals surface area contributed by atoms with E-state index in [1.54, 1.807) is 10.7 Å². The van der Waals surface area contributed by atoms with E-state index in [1.165, 1.54) is 12.1 Å². The third-order valence-electron chi connectivity index (χ3n) is 3.04. The van der Waals surface area contributed by atoms with Crippen LogP contribution in [0.2, 0.25) is 0 Å². The average Bonchev–Trinajstić information content (AvgIpc) is 3.08. The Morgan fingerprint density at radius 2 is 2.24 bits per heavy atom. The fraction of sp³-hybridized carbons (Fsp3) is 0.364. The number of carbonyl (C=O) groups excluding carboxylic acids is 2. The molecule has 112 valence electrons. The highest BCUT2D eigenvalue weighted by atomic mass is 32.2. The molecule has 10 heteroatoms. The van der Waals surface area contributed by atoms with Gasteiger partial charge in [0.05, 0.1) is 4.88 Å². The smallest absolute Gasteiger partial charge is 0.311 e. The molecule has 1 aromatic heterocycles. The number of amidine groups is 1. The third-order valence-corrected chi connectivity index (χ3v) is 4.87. The van der Waals surface area contributed by atoms with Crippen molar-refractivity contribution in [1.29, 1.82) is 0 Å². The number of alkyl halides is 3. The van der Waals surface area contributed by atoms with Crippen LogP contribution in [0, 0.1) is 0 Å². The molecule has 3 rings (SSSR count). The summed E-state index contributed by atoms with van der Waals surface area (Å²) in [7, 11) is 0. The first-order chi connectivity index (χ1) is 9.85. The predicted octanol–water partition coefficient (Wildman–Crippen LogP) is 1.68. The highest BCUT2D eigenvalue weighted by molar-refractivity contribution is 8.14. The molecule has 0 radical (unpaired) electrons. The maximum absolute atomic E-state index is 13.4. The van der Waals surface area contributed by atoms with E-state index in [0.29, 0.717) is 5.75 Å². The van der Waals surface area contributed by atoms with E-state index in [2.05, 4.69) is 4.99 Å². The van der Waals surface area contributed by atoms with Crippen molar-refractivity contribution in [2.45, 2.75) is 11.8 Å². The molecule has 1 atom stereocenters. The van der Waals surface area contributed by atoms with Crippen LogP contribution in [0.15, 0.2) is 22.5 Å². The van der Waals surface area contributed by atoms with Crippen LogP contribution in [-0.2, 0) is 4.79 Å². The van der Waals surface area contributed by atoms with Crippen LogP contribution in [0.5, 0.6) is 0 Å². The number of halogens is 3. The van der Waals surface area contributed by atoms with Gasteiger partial charge in [-0.3, -0.25) is 14.5 Å². The number of thiophene rings is 1. The molecule has 0 unspecified atom stereocenters. The second kappa shape index (κ2) is 4.73. The van der Waals surface area contributed by atoms with E-state index in [-0.39, 0.29) is 16.6 Å². The molecular formula is C11H8F3N3O2S2. The maximum atomic E-state index is 13.4. The first-order valence-corrected chi connectivity index (χ1v) is 7.69. The average molecular weight is 335 g/mol. The van der Waals surface area contributed by atoms with Gasteiger partial charge in [-0.05, 0) is 11.4 Å². The van der Waals surface area contributed by atoms with Crippen molar-refractivity contribution >= 4 is 40.1 Å². The lowest BCUT2D eigenvalue weighted by Gasteiger charge is -2.28. The number of fused-ring (bicyclic) bond motifs is 1. The largest absolute Gasteiger partial charge is 0.442 e. The number of nitrogens with one attached hydrogen (secondary N) is 1. The van der Waals surface area contributed by atoms with Crippen molar-refractivity contribution in [3.8, 4) is 0 Å². The summed E-state index contributed by atoms with van der Waals surface area (Å²) < 4.78 is 40.2. The van der Waals surface area contributed by atoms with Crippen molar-refractivity contribution in [2.24, 2.45) is 4.99 Å². The molecule has 1 fully saturated rings. The Balaban J connectivity index is 1.98. The lowest BCUT2D eigenvalue weighted by molar-refractivity contribution is -0.196. The van der Waals surface area contributed by atoms with E-state index in [0.717, 1.165) is 28.0 Å². The van der Waals surface area contributed by atoms with Crippen molar-refractivity contribution in [2.75, 3.05) is 12.3 Å². The van der Waals surface area contributed by atoms with E-state index in [4.69, 9.17) is 0 Å². The number of rotatable bonds is 2. The van der Waals surface area contributed by atoms with Gasteiger partial charge in [0, 0.05) is 12.3 Å². The molecule has 0 aliphatic carbocycles. The zero-order valence-electron chi connectivity index (χ0n) is 10.3. The normalized spacial score (nSPS) is 25.0. The molecule has 1 aromatic rings. The number of amides is 2. The van der Waals surface area contributed by atoms with Crippen LogP contribution in [0.25, 0.3) is 0 Å². The number of nitrogens with zero attached hydrogens (tertiary/aromatic N) is 2. The van der Waals surface area contributed by atoms with E-state index >= 15 is 0 Å². The molecule has 2 aliphatic heterocycles. The molecule has 2 amide bonds. The standard InChI is InChI=1S/C11H8F3N3O2S2/c12-11(13,14)10(15-7(18)6-2-1-4-20-6)8(19)17-3-5-21-9(17)16-10/h1-2,4H,3,5H2,(H,15,18)/t10-/m0/s1. The Labute approximate surface area is 125 Å². The summed E-state index contributed by atoms with van der Waals surface area (Å²) >= 11 is 2.05. The molecule has 0 aromatic carbocycles. The zero-order valence-corrected chi connectivity index (χ0v) is 11.9. The minimum Gasteiger partial charge on any atom is -0.311 e. The van der Waals surface area contributed by atoms with Crippen LogP contribution in [0.1, 0.15) is 9.67 Å². The van der Waals surface area contributed by atoms with Gasteiger partial charge < -0.3 is 5.32 Å². The van der Waals surface area contributed by atoms with Crippen LogP contribution in [0.3, 0.4) is 0 Å². The summed E-state index contributed by atoms with van der Waals surface area (Å²) in [5.41, 5.74) is -3.21. The summed E-state index contributed by atoms with van der Waals surface area (Å²) in [6.07, 6.45) is -5.01. The van der Waals surface area contributed by atoms with Crippen molar-refractivity contribution in [3.05, 3.63) is 22.4 Å². The third kappa shape index (κ3) is 2.13. The van der Waals surface area contributed by atoms with Crippen molar-refractivity contribution < 1.29 is 22.8 Å². The lowest BCUT2D eigenvalue weighted by Crippen LogP contribution is -2.63. The fourth-order valence-corrected chi connectivity index (χ4v) is 3.65. The topological polar surface area (TPSA) is 61.8 Å². The number of hydrogen-bond donors (Lipinski definition) is 1. The first-order valence-electron chi connectivity index (χ1n) is 5.82. The van der Waals surface area contributed by atoms with E-state index in [1.807, 2.05) is 0 Å². The number of thioether (sulfide) groups is 1. The Morgan fingerprint density at radius 3 is 2.81 bits per heavy atom. The summed E-state index contributed by atoms with van der Waals surface area (Å²) in [5.74, 6) is -1.72. The molecule has 0 bridgehead atoms. The first kappa shape index (κ1) is 14.4. The van der Waals surface area contributed by atoms with Crippen LogP contribution in [-0.4, -0.2) is 46.0 Å². The number of hydrogen-bond acceptors (Lipinski definition) is 5. The van der Waals surface area contributed by atoms with Gasteiger partial charge in [0.25, 0.3) is 11.8 Å². The molecule has 3 heterocycles. The minimum atomic E-state index is -5.01. The highest BCUT2D eigenvalue weighted by Gasteiger charge is 2.67. The summed E-state index contributed by atoms with van der Waals surface area (Å²) in [6.45, 7) is 0.162. The molecule has 0 saturated carbocycles. The van der Waals surface area contributed by atoms with Crippen molar-refractivity contribution in [3.63, 3.8) is 0 Å². The van der Waals surface area contributed by atoms with Gasteiger partial charge >= 0.3 is 11.8 Å². The van der Waals surface area contributed by atoms with Gasteiger partial charge in [-0.15, -0.1) is 11.3 Å². The fourth-order valence-electron chi connectivity index (χ4n) is 2.04. The molecule has 21 heavy (non-hydrogen) atoms. The lowest BCUT2D eigenvalue weighted by atomic mass is 10.1. The van der Waals surface area contributed by atoms with Gasteiger partial charge in [0.15, 0.2) is 5.17 Å². The number of aliphatic imine (C=N–C) groups is 1. The quantitative estimate of drug-likeness (QED) is 0.894. The minimum absolute atomic E-state index is 0.00352. The van der Waals surface area contributed by atoms with Crippen LogP contribution < -0.4 is 5.32 Å².